The number of carbonyl (C=O) groups is 1. The van der Waals surface area contributed by atoms with Crippen LogP contribution in [0.15, 0.2) is 41.3 Å². The van der Waals surface area contributed by atoms with Gasteiger partial charge in [0.2, 0.25) is 10.0 Å². The fourth-order valence-electron chi connectivity index (χ4n) is 3.23. The van der Waals surface area contributed by atoms with Crippen LogP contribution in [-0.2, 0) is 10.0 Å². The summed E-state index contributed by atoms with van der Waals surface area (Å²) in [6, 6.07) is 9.05. The van der Waals surface area contributed by atoms with Gasteiger partial charge in [0, 0.05) is 23.7 Å². The topological polar surface area (TPSA) is 75.7 Å². The number of anilines is 1. The molecule has 0 bridgehead atoms. The van der Waals surface area contributed by atoms with Crippen LogP contribution in [0.1, 0.15) is 36.0 Å². The zero-order valence-electron chi connectivity index (χ0n) is 16.0. The number of ether oxygens (including phenoxy) is 1. The van der Waals surface area contributed by atoms with Gasteiger partial charge in [-0.3, -0.25) is 4.79 Å². The van der Waals surface area contributed by atoms with Crippen LogP contribution in [0.4, 0.5) is 5.69 Å². The van der Waals surface area contributed by atoms with E-state index < -0.39 is 15.9 Å². The first kappa shape index (κ1) is 21.9. The summed E-state index contributed by atoms with van der Waals surface area (Å²) in [4.78, 5) is 12.7. The lowest BCUT2D eigenvalue weighted by Gasteiger charge is -2.21. The van der Waals surface area contributed by atoms with E-state index in [4.69, 9.17) is 27.9 Å². The second-order valence-electron chi connectivity index (χ2n) is 6.76. The molecule has 3 rings (SSSR count). The number of nitrogens with zero attached hydrogens (tertiary/aromatic N) is 1. The molecule has 1 saturated heterocycles. The molecule has 0 aromatic heterocycles. The molecule has 156 valence electrons. The first-order valence-electron chi connectivity index (χ1n) is 9.27. The number of halogens is 2. The molecule has 2 aromatic carbocycles. The van der Waals surface area contributed by atoms with Crippen molar-refractivity contribution >= 4 is 44.8 Å². The molecule has 1 N–H and O–H groups in total. The molecule has 6 nitrogen and oxygen atoms in total. The molecule has 1 aliphatic heterocycles. The molecule has 0 atom stereocenters. The number of methoxy groups -OCH3 is 1. The highest BCUT2D eigenvalue weighted by Crippen LogP contribution is 2.30. The summed E-state index contributed by atoms with van der Waals surface area (Å²) in [5.74, 6) is -0.278. The molecule has 0 aliphatic carbocycles. The Balaban J connectivity index is 1.92. The minimum Gasteiger partial charge on any atom is -0.495 e. The van der Waals surface area contributed by atoms with Crippen LogP contribution in [0.3, 0.4) is 0 Å². The highest BCUT2D eigenvalue weighted by Gasteiger charge is 2.29. The van der Waals surface area contributed by atoms with Gasteiger partial charge in [-0.1, -0.05) is 36.0 Å². The molecule has 1 fully saturated rings. The largest absolute Gasteiger partial charge is 0.495 e. The number of amides is 1. The van der Waals surface area contributed by atoms with Gasteiger partial charge in [0.05, 0.1) is 17.8 Å². The van der Waals surface area contributed by atoms with Crippen molar-refractivity contribution in [1.29, 1.82) is 0 Å². The number of sulfonamides is 1. The van der Waals surface area contributed by atoms with Gasteiger partial charge in [-0.15, -0.1) is 0 Å². The second kappa shape index (κ2) is 9.34. The lowest BCUT2D eigenvalue weighted by atomic mass is 10.2. The van der Waals surface area contributed by atoms with E-state index in [0.717, 1.165) is 25.7 Å². The Labute approximate surface area is 180 Å². The summed E-state index contributed by atoms with van der Waals surface area (Å²) in [6.07, 6.45) is 3.65. The smallest absolute Gasteiger partial charge is 0.255 e. The highest BCUT2D eigenvalue weighted by molar-refractivity contribution is 7.89. The highest BCUT2D eigenvalue weighted by atomic mass is 35.5. The molecule has 29 heavy (non-hydrogen) atoms. The third kappa shape index (κ3) is 5.04. The number of nitrogens with one attached hydrogen (secondary N) is 1. The summed E-state index contributed by atoms with van der Waals surface area (Å²) < 4.78 is 33.2. The fourth-order valence-corrected chi connectivity index (χ4v) is 5.38. The van der Waals surface area contributed by atoms with Crippen molar-refractivity contribution in [2.75, 3.05) is 25.5 Å². The summed E-state index contributed by atoms with van der Waals surface area (Å²) in [5.41, 5.74) is 0.569. The van der Waals surface area contributed by atoms with Crippen molar-refractivity contribution in [2.45, 2.75) is 30.6 Å². The Kier molecular flexibility index (Phi) is 7.05. The number of benzene rings is 2. The van der Waals surface area contributed by atoms with E-state index in [-0.39, 0.29) is 21.2 Å². The van der Waals surface area contributed by atoms with Crippen LogP contribution in [0.5, 0.6) is 5.75 Å². The molecule has 1 amide bonds. The molecule has 1 aliphatic rings. The average molecular weight is 457 g/mol. The van der Waals surface area contributed by atoms with Crippen LogP contribution in [0, 0.1) is 0 Å². The summed E-state index contributed by atoms with van der Waals surface area (Å²) in [6.45, 7) is 0.921. The van der Waals surface area contributed by atoms with Crippen LogP contribution >= 0.6 is 23.2 Å². The standard InChI is InChI=1S/C20H22Cl2N2O4S/c1-28-18-9-6-14(20(25)23-17-8-7-15(21)13-16(17)22)12-19(18)29(26,27)24-10-4-2-3-5-11-24/h6-9,12-13H,2-5,10-11H2,1H3,(H,23,25). The second-order valence-corrected chi connectivity index (χ2v) is 9.51. The molecule has 1 heterocycles. The maximum absolute atomic E-state index is 13.2. The van der Waals surface area contributed by atoms with Crippen molar-refractivity contribution in [3.05, 3.63) is 52.0 Å². The Morgan fingerprint density at radius 2 is 1.72 bits per heavy atom. The molecule has 0 radical (unpaired) electrons. The molecular weight excluding hydrogens is 435 g/mol. The molecule has 9 heteroatoms. The quantitative estimate of drug-likeness (QED) is 0.699. The van der Waals surface area contributed by atoms with Crippen LogP contribution in [0.2, 0.25) is 10.0 Å². The number of rotatable bonds is 5. The van der Waals surface area contributed by atoms with E-state index >= 15 is 0 Å². The lowest BCUT2D eigenvalue weighted by molar-refractivity contribution is 0.102. The van der Waals surface area contributed by atoms with Gasteiger partial charge in [-0.05, 0) is 49.2 Å². The summed E-state index contributed by atoms with van der Waals surface area (Å²) >= 11 is 12.0. The van der Waals surface area contributed by atoms with Crippen LogP contribution in [0.25, 0.3) is 0 Å². The third-order valence-electron chi connectivity index (χ3n) is 4.79. The van der Waals surface area contributed by atoms with E-state index in [1.54, 1.807) is 12.1 Å². The molecular formula is C20H22Cl2N2O4S. The number of carbonyl (C=O) groups excluding carboxylic acids is 1. The average Bonchev–Trinajstić information content (AvgIpc) is 2.99. The lowest BCUT2D eigenvalue weighted by Crippen LogP contribution is -2.32. The van der Waals surface area contributed by atoms with Gasteiger partial charge in [0.15, 0.2) is 0 Å². The maximum Gasteiger partial charge on any atom is 0.255 e. The SMILES string of the molecule is COc1ccc(C(=O)Nc2ccc(Cl)cc2Cl)cc1S(=O)(=O)N1CCCCCC1. The first-order valence-corrected chi connectivity index (χ1v) is 11.5. The third-order valence-corrected chi connectivity index (χ3v) is 7.26. The van der Waals surface area contributed by atoms with Gasteiger partial charge >= 0.3 is 0 Å². The normalized spacial score (nSPS) is 15.6. The van der Waals surface area contributed by atoms with E-state index in [0.29, 0.717) is 23.8 Å². The zero-order valence-corrected chi connectivity index (χ0v) is 18.3. The predicted octanol–water partition coefficient (Wildman–Crippen LogP) is 4.82. The van der Waals surface area contributed by atoms with Crippen molar-refractivity contribution < 1.29 is 17.9 Å². The summed E-state index contributed by atoms with van der Waals surface area (Å²) in [5, 5.41) is 3.42. The Morgan fingerprint density at radius 3 is 2.34 bits per heavy atom. The van der Waals surface area contributed by atoms with Crippen molar-refractivity contribution in [2.24, 2.45) is 0 Å². The van der Waals surface area contributed by atoms with Crippen molar-refractivity contribution in [1.82, 2.24) is 4.31 Å². The summed E-state index contributed by atoms with van der Waals surface area (Å²) in [7, 11) is -2.38. The number of hydrogen-bond donors (Lipinski definition) is 1. The molecule has 2 aromatic rings. The minimum absolute atomic E-state index is 0.0169. The van der Waals surface area contributed by atoms with Gasteiger partial charge in [-0.2, -0.15) is 4.31 Å². The minimum atomic E-state index is -3.79. The zero-order chi connectivity index (χ0) is 21.0. The Bertz CT molecular complexity index is 1000. The van der Waals surface area contributed by atoms with E-state index in [2.05, 4.69) is 5.32 Å². The Hall–Kier alpha value is -1.80. The Morgan fingerprint density at radius 1 is 1.03 bits per heavy atom. The maximum atomic E-state index is 13.2. The van der Waals surface area contributed by atoms with E-state index in [1.807, 2.05) is 0 Å². The molecule has 0 saturated carbocycles. The predicted molar refractivity (Wildman–Crippen MR) is 115 cm³/mol. The monoisotopic (exact) mass is 456 g/mol. The first-order chi connectivity index (χ1) is 13.8. The molecule has 0 spiro atoms. The van der Waals surface area contributed by atoms with Crippen molar-refractivity contribution in [3.8, 4) is 5.75 Å². The fraction of sp³-hybridized carbons (Fsp3) is 0.350. The van der Waals surface area contributed by atoms with Gasteiger partial charge in [-0.25, -0.2) is 8.42 Å². The van der Waals surface area contributed by atoms with Crippen molar-refractivity contribution in [3.63, 3.8) is 0 Å². The van der Waals surface area contributed by atoms with E-state index in [1.165, 1.54) is 35.7 Å². The van der Waals surface area contributed by atoms with Crippen LogP contribution < -0.4 is 10.1 Å². The van der Waals surface area contributed by atoms with Gasteiger partial charge in [0.1, 0.15) is 10.6 Å². The van der Waals surface area contributed by atoms with E-state index in [9.17, 15) is 13.2 Å². The van der Waals surface area contributed by atoms with Gasteiger partial charge < -0.3 is 10.1 Å². The number of hydrogen-bond acceptors (Lipinski definition) is 4. The van der Waals surface area contributed by atoms with Gasteiger partial charge in [0.25, 0.3) is 5.91 Å². The molecule has 0 unspecified atom stereocenters. The van der Waals surface area contributed by atoms with Crippen LogP contribution in [-0.4, -0.2) is 38.8 Å².